The third kappa shape index (κ3) is 4.51. The summed E-state index contributed by atoms with van der Waals surface area (Å²) in [6, 6.07) is 13.0. The first-order valence-corrected chi connectivity index (χ1v) is 9.32. The quantitative estimate of drug-likeness (QED) is 0.881. The molecule has 2 aromatic carbocycles. The summed E-state index contributed by atoms with van der Waals surface area (Å²) in [5, 5.41) is 2.93. The molecule has 136 valence electrons. The number of hydrogen-bond donors (Lipinski definition) is 1. The summed E-state index contributed by atoms with van der Waals surface area (Å²) in [6.45, 7) is 5.61. The first-order chi connectivity index (χ1) is 12.5. The highest BCUT2D eigenvalue weighted by atomic mass is 16.2. The van der Waals surface area contributed by atoms with Gasteiger partial charge in [-0.15, -0.1) is 0 Å². The van der Waals surface area contributed by atoms with Crippen LogP contribution in [0.1, 0.15) is 57.5 Å². The van der Waals surface area contributed by atoms with E-state index in [1.54, 1.807) is 24.3 Å². The first-order valence-electron chi connectivity index (χ1n) is 9.32. The van der Waals surface area contributed by atoms with Gasteiger partial charge in [-0.05, 0) is 68.1 Å². The van der Waals surface area contributed by atoms with Crippen molar-refractivity contribution in [1.29, 1.82) is 0 Å². The van der Waals surface area contributed by atoms with Crippen molar-refractivity contribution >= 4 is 17.5 Å². The molecule has 1 aliphatic heterocycles. The maximum absolute atomic E-state index is 12.8. The average Bonchev–Trinajstić information content (AvgIpc) is 2.89. The minimum atomic E-state index is -0.194. The Morgan fingerprint density at radius 3 is 2.12 bits per heavy atom. The van der Waals surface area contributed by atoms with Crippen LogP contribution in [0.5, 0.6) is 0 Å². The Morgan fingerprint density at radius 2 is 1.46 bits per heavy atom. The Balaban J connectivity index is 1.75. The lowest BCUT2D eigenvalue weighted by Gasteiger charge is -2.20. The molecule has 1 aliphatic rings. The minimum Gasteiger partial charge on any atom is -0.339 e. The second-order valence-electron chi connectivity index (χ2n) is 7.12. The molecule has 0 bridgehead atoms. The lowest BCUT2D eigenvalue weighted by atomic mass is 10.1. The van der Waals surface area contributed by atoms with Crippen molar-refractivity contribution in [2.24, 2.45) is 0 Å². The van der Waals surface area contributed by atoms with Gasteiger partial charge in [0, 0.05) is 29.9 Å². The Hall–Kier alpha value is -2.62. The summed E-state index contributed by atoms with van der Waals surface area (Å²) in [5.41, 5.74) is 4.07. The number of carbonyl (C=O) groups excluding carboxylic acids is 2. The summed E-state index contributed by atoms with van der Waals surface area (Å²) in [6.07, 6.45) is 4.47. The van der Waals surface area contributed by atoms with E-state index in [1.807, 2.05) is 30.9 Å². The number of nitrogens with one attached hydrogen (secondary N) is 1. The maximum Gasteiger partial charge on any atom is 0.255 e. The Bertz CT molecular complexity index is 785. The smallest absolute Gasteiger partial charge is 0.255 e. The number of nitrogens with zero attached hydrogens (tertiary/aromatic N) is 1. The van der Waals surface area contributed by atoms with Crippen molar-refractivity contribution in [3.63, 3.8) is 0 Å². The van der Waals surface area contributed by atoms with Gasteiger partial charge in [0.15, 0.2) is 0 Å². The van der Waals surface area contributed by atoms with Gasteiger partial charge in [0.05, 0.1) is 0 Å². The van der Waals surface area contributed by atoms with Crippen molar-refractivity contribution < 1.29 is 9.59 Å². The molecular formula is C22H26N2O2. The molecule has 2 aromatic rings. The Labute approximate surface area is 155 Å². The van der Waals surface area contributed by atoms with E-state index in [4.69, 9.17) is 0 Å². The molecule has 0 aromatic heterocycles. The largest absolute Gasteiger partial charge is 0.339 e. The fourth-order valence-corrected chi connectivity index (χ4v) is 3.50. The molecule has 4 nitrogen and oxygen atoms in total. The molecular weight excluding hydrogens is 324 g/mol. The van der Waals surface area contributed by atoms with Crippen LogP contribution in [0, 0.1) is 13.8 Å². The van der Waals surface area contributed by atoms with Crippen LogP contribution < -0.4 is 5.32 Å². The molecule has 1 saturated heterocycles. The van der Waals surface area contributed by atoms with Crippen molar-refractivity contribution in [1.82, 2.24) is 4.90 Å². The highest BCUT2D eigenvalue weighted by Crippen LogP contribution is 2.17. The van der Waals surface area contributed by atoms with Gasteiger partial charge in [-0.2, -0.15) is 0 Å². The van der Waals surface area contributed by atoms with E-state index >= 15 is 0 Å². The van der Waals surface area contributed by atoms with E-state index in [0.717, 1.165) is 42.7 Å². The molecule has 0 spiro atoms. The fourth-order valence-electron chi connectivity index (χ4n) is 3.50. The summed E-state index contributed by atoms with van der Waals surface area (Å²) >= 11 is 0. The Morgan fingerprint density at radius 1 is 0.846 bits per heavy atom. The van der Waals surface area contributed by atoms with Crippen LogP contribution in [0.4, 0.5) is 5.69 Å². The lowest BCUT2D eigenvalue weighted by Crippen LogP contribution is -2.32. The number of benzene rings is 2. The minimum absolute atomic E-state index is 0.0213. The molecule has 1 fully saturated rings. The number of amides is 2. The third-order valence-electron chi connectivity index (χ3n) is 4.74. The number of hydrogen-bond acceptors (Lipinski definition) is 2. The van der Waals surface area contributed by atoms with Crippen LogP contribution in [-0.2, 0) is 0 Å². The highest BCUT2D eigenvalue weighted by molar-refractivity contribution is 6.06. The zero-order valence-corrected chi connectivity index (χ0v) is 15.5. The summed E-state index contributed by atoms with van der Waals surface area (Å²) in [7, 11) is 0. The van der Waals surface area contributed by atoms with Gasteiger partial charge in [-0.1, -0.05) is 25.0 Å². The predicted octanol–water partition coefficient (Wildman–Crippen LogP) is 4.57. The van der Waals surface area contributed by atoms with Crippen LogP contribution in [0.3, 0.4) is 0 Å². The standard InChI is InChI=1S/C22H26N2O2/c1-16-12-17(2)14-20(13-16)23-21(25)18-8-7-9-19(15-18)22(26)24-10-5-3-4-6-11-24/h7-9,12-15H,3-6,10-11H2,1-2H3,(H,23,25). The molecule has 1 heterocycles. The molecule has 0 saturated carbocycles. The van der Waals surface area contributed by atoms with Gasteiger partial charge in [0.1, 0.15) is 0 Å². The van der Waals surface area contributed by atoms with E-state index in [-0.39, 0.29) is 11.8 Å². The van der Waals surface area contributed by atoms with Crippen LogP contribution in [0.15, 0.2) is 42.5 Å². The maximum atomic E-state index is 12.8. The third-order valence-corrected chi connectivity index (χ3v) is 4.74. The summed E-state index contributed by atoms with van der Waals surface area (Å²) < 4.78 is 0. The van der Waals surface area contributed by atoms with E-state index < -0.39 is 0 Å². The van der Waals surface area contributed by atoms with Crippen LogP contribution in [0.2, 0.25) is 0 Å². The van der Waals surface area contributed by atoms with Crippen molar-refractivity contribution in [2.75, 3.05) is 18.4 Å². The number of aryl methyl sites for hydroxylation is 2. The molecule has 0 unspecified atom stereocenters. The fraction of sp³-hybridized carbons (Fsp3) is 0.364. The molecule has 3 rings (SSSR count). The molecule has 0 atom stereocenters. The second-order valence-corrected chi connectivity index (χ2v) is 7.12. The topological polar surface area (TPSA) is 49.4 Å². The van der Waals surface area contributed by atoms with Gasteiger partial charge in [0.25, 0.3) is 11.8 Å². The van der Waals surface area contributed by atoms with Crippen molar-refractivity contribution in [3.8, 4) is 0 Å². The molecule has 0 radical (unpaired) electrons. The highest BCUT2D eigenvalue weighted by Gasteiger charge is 2.18. The van der Waals surface area contributed by atoms with Gasteiger partial charge < -0.3 is 10.2 Å². The van der Waals surface area contributed by atoms with E-state index in [9.17, 15) is 9.59 Å². The Kier molecular flexibility index (Phi) is 5.71. The number of anilines is 1. The van der Waals surface area contributed by atoms with Crippen LogP contribution in [-0.4, -0.2) is 29.8 Å². The van der Waals surface area contributed by atoms with Crippen LogP contribution >= 0.6 is 0 Å². The van der Waals surface area contributed by atoms with E-state index in [0.29, 0.717) is 11.1 Å². The van der Waals surface area contributed by atoms with E-state index in [1.165, 1.54) is 12.8 Å². The molecule has 4 heteroatoms. The summed E-state index contributed by atoms with van der Waals surface area (Å²) in [4.78, 5) is 27.3. The van der Waals surface area contributed by atoms with Crippen LogP contribution in [0.25, 0.3) is 0 Å². The van der Waals surface area contributed by atoms with Gasteiger partial charge in [-0.3, -0.25) is 9.59 Å². The SMILES string of the molecule is Cc1cc(C)cc(NC(=O)c2cccc(C(=O)N3CCCCCC3)c2)c1. The molecule has 0 aliphatic carbocycles. The van der Waals surface area contributed by atoms with E-state index in [2.05, 4.69) is 11.4 Å². The van der Waals surface area contributed by atoms with Crippen molar-refractivity contribution in [2.45, 2.75) is 39.5 Å². The predicted molar refractivity (Wildman–Crippen MR) is 105 cm³/mol. The number of carbonyl (C=O) groups is 2. The first kappa shape index (κ1) is 18.2. The number of likely N-dealkylation sites (tertiary alicyclic amines) is 1. The van der Waals surface area contributed by atoms with Gasteiger partial charge in [-0.25, -0.2) is 0 Å². The monoisotopic (exact) mass is 350 g/mol. The molecule has 26 heavy (non-hydrogen) atoms. The second kappa shape index (κ2) is 8.17. The molecule has 2 amide bonds. The zero-order valence-electron chi connectivity index (χ0n) is 15.5. The van der Waals surface area contributed by atoms with Gasteiger partial charge in [0.2, 0.25) is 0 Å². The normalized spacial score (nSPS) is 14.6. The van der Waals surface area contributed by atoms with Gasteiger partial charge >= 0.3 is 0 Å². The molecule has 1 N–H and O–H groups in total. The number of rotatable bonds is 3. The van der Waals surface area contributed by atoms with Crippen molar-refractivity contribution in [3.05, 3.63) is 64.7 Å². The summed E-state index contributed by atoms with van der Waals surface area (Å²) in [5.74, 6) is -0.173. The lowest BCUT2D eigenvalue weighted by molar-refractivity contribution is 0.0761. The average molecular weight is 350 g/mol. The zero-order chi connectivity index (χ0) is 18.5.